The number of hydrogen-bond acceptors (Lipinski definition) is 1. The molecule has 1 fully saturated rings. The lowest BCUT2D eigenvalue weighted by Gasteiger charge is -2.25. The molecule has 1 aliphatic rings. The fraction of sp³-hybridized carbons (Fsp3) is 1.00. The SMILES string of the molecule is C[C@@H]1CCC[C@H](CCO)C1. The van der Waals surface area contributed by atoms with Gasteiger partial charge >= 0.3 is 0 Å². The molecule has 0 unspecified atom stereocenters. The highest BCUT2D eigenvalue weighted by atomic mass is 16.3. The minimum atomic E-state index is 0.386. The molecule has 0 aromatic carbocycles. The van der Waals surface area contributed by atoms with E-state index in [-0.39, 0.29) is 0 Å². The Bertz CT molecular complexity index is 88.7. The highest BCUT2D eigenvalue weighted by Gasteiger charge is 2.17. The quantitative estimate of drug-likeness (QED) is 0.626. The van der Waals surface area contributed by atoms with E-state index in [1.54, 1.807) is 0 Å². The van der Waals surface area contributed by atoms with Crippen LogP contribution in [0.1, 0.15) is 39.0 Å². The molecule has 0 bridgehead atoms. The molecule has 2 atom stereocenters. The van der Waals surface area contributed by atoms with Crippen molar-refractivity contribution in [3.05, 3.63) is 0 Å². The zero-order chi connectivity index (χ0) is 7.40. The van der Waals surface area contributed by atoms with E-state index in [0.717, 1.165) is 18.3 Å². The third-order valence-electron chi connectivity index (χ3n) is 2.58. The molecular formula is C9H18O. The minimum absolute atomic E-state index is 0.386. The second-order valence-corrected chi connectivity index (χ2v) is 3.65. The Morgan fingerprint density at radius 3 is 2.80 bits per heavy atom. The summed E-state index contributed by atoms with van der Waals surface area (Å²) in [5.41, 5.74) is 0. The van der Waals surface area contributed by atoms with Gasteiger partial charge in [-0.15, -0.1) is 0 Å². The van der Waals surface area contributed by atoms with Crippen molar-refractivity contribution in [3.63, 3.8) is 0 Å². The van der Waals surface area contributed by atoms with Gasteiger partial charge in [0.1, 0.15) is 0 Å². The van der Waals surface area contributed by atoms with Gasteiger partial charge in [0.05, 0.1) is 0 Å². The molecule has 0 aromatic heterocycles. The molecule has 1 aliphatic carbocycles. The summed E-state index contributed by atoms with van der Waals surface area (Å²) in [6.07, 6.45) is 6.52. The third kappa shape index (κ3) is 2.30. The molecule has 0 saturated heterocycles. The van der Waals surface area contributed by atoms with Crippen molar-refractivity contribution in [1.29, 1.82) is 0 Å². The Morgan fingerprint density at radius 2 is 2.20 bits per heavy atom. The molecule has 1 heteroatoms. The number of hydrogen-bond donors (Lipinski definition) is 1. The van der Waals surface area contributed by atoms with Gasteiger partial charge in [-0.1, -0.05) is 26.2 Å². The first-order valence-electron chi connectivity index (χ1n) is 4.43. The minimum Gasteiger partial charge on any atom is -0.396 e. The van der Waals surface area contributed by atoms with E-state index in [2.05, 4.69) is 6.92 Å². The number of aliphatic hydroxyl groups excluding tert-OH is 1. The summed E-state index contributed by atoms with van der Waals surface area (Å²) in [6, 6.07) is 0. The standard InChI is InChI=1S/C9H18O/c1-8-3-2-4-9(7-8)5-6-10/h8-10H,2-7H2,1H3/t8-,9-/m1/s1. The van der Waals surface area contributed by atoms with Gasteiger partial charge in [0.2, 0.25) is 0 Å². The van der Waals surface area contributed by atoms with Crippen LogP contribution in [-0.2, 0) is 0 Å². The fourth-order valence-electron chi connectivity index (χ4n) is 2.00. The van der Waals surface area contributed by atoms with Gasteiger partial charge in [-0.2, -0.15) is 0 Å². The predicted octanol–water partition coefficient (Wildman–Crippen LogP) is 2.20. The summed E-state index contributed by atoms with van der Waals surface area (Å²) in [5.74, 6) is 1.74. The van der Waals surface area contributed by atoms with E-state index in [1.165, 1.54) is 25.7 Å². The lowest BCUT2D eigenvalue weighted by Crippen LogP contribution is -2.14. The van der Waals surface area contributed by atoms with Crippen molar-refractivity contribution in [2.45, 2.75) is 39.0 Å². The maximum atomic E-state index is 8.70. The molecule has 0 aliphatic heterocycles. The second-order valence-electron chi connectivity index (χ2n) is 3.65. The Hall–Kier alpha value is -0.0400. The largest absolute Gasteiger partial charge is 0.396 e. The molecule has 1 nitrogen and oxygen atoms in total. The third-order valence-corrected chi connectivity index (χ3v) is 2.58. The van der Waals surface area contributed by atoms with Crippen LogP contribution < -0.4 is 0 Å². The Labute approximate surface area is 63.4 Å². The van der Waals surface area contributed by atoms with Gasteiger partial charge in [-0.05, 0) is 24.7 Å². The van der Waals surface area contributed by atoms with Crippen molar-refractivity contribution in [3.8, 4) is 0 Å². The van der Waals surface area contributed by atoms with E-state index in [4.69, 9.17) is 5.11 Å². The Balaban J connectivity index is 2.18. The summed E-state index contributed by atoms with van der Waals surface area (Å²) < 4.78 is 0. The molecule has 0 aromatic rings. The van der Waals surface area contributed by atoms with Crippen molar-refractivity contribution in [2.24, 2.45) is 11.8 Å². The van der Waals surface area contributed by atoms with E-state index in [0.29, 0.717) is 6.61 Å². The smallest absolute Gasteiger partial charge is 0.0433 e. The van der Waals surface area contributed by atoms with Crippen LogP contribution in [0.4, 0.5) is 0 Å². The van der Waals surface area contributed by atoms with Gasteiger partial charge in [0.15, 0.2) is 0 Å². The average Bonchev–Trinajstić information content (AvgIpc) is 1.88. The molecule has 0 amide bonds. The van der Waals surface area contributed by atoms with Crippen LogP contribution in [0, 0.1) is 11.8 Å². The van der Waals surface area contributed by atoms with Crippen molar-refractivity contribution in [2.75, 3.05) is 6.61 Å². The lowest BCUT2D eigenvalue weighted by atomic mass is 9.81. The van der Waals surface area contributed by atoms with Crippen molar-refractivity contribution < 1.29 is 5.11 Å². The maximum absolute atomic E-state index is 8.70. The molecule has 1 N–H and O–H groups in total. The van der Waals surface area contributed by atoms with Gasteiger partial charge in [0.25, 0.3) is 0 Å². The highest BCUT2D eigenvalue weighted by Crippen LogP contribution is 2.30. The normalized spacial score (nSPS) is 34.2. The van der Waals surface area contributed by atoms with Crippen LogP contribution in [0.15, 0.2) is 0 Å². The molecule has 0 radical (unpaired) electrons. The molecule has 60 valence electrons. The molecule has 0 spiro atoms. The van der Waals surface area contributed by atoms with E-state index >= 15 is 0 Å². The monoisotopic (exact) mass is 142 g/mol. The van der Waals surface area contributed by atoms with E-state index in [1.807, 2.05) is 0 Å². The molecular weight excluding hydrogens is 124 g/mol. The Kier molecular flexibility index (Phi) is 3.20. The summed E-state index contributed by atoms with van der Waals surface area (Å²) in [6.45, 7) is 2.71. The first-order chi connectivity index (χ1) is 4.83. The predicted molar refractivity (Wildman–Crippen MR) is 42.8 cm³/mol. The Morgan fingerprint density at radius 1 is 1.40 bits per heavy atom. The molecule has 0 heterocycles. The topological polar surface area (TPSA) is 20.2 Å². The zero-order valence-electron chi connectivity index (χ0n) is 6.84. The highest BCUT2D eigenvalue weighted by molar-refractivity contribution is 4.69. The molecule has 1 rings (SSSR count). The second kappa shape index (κ2) is 3.97. The van der Waals surface area contributed by atoms with Crippen molar-refractivity contribution in [1.82, 2.24) is 0 Å². The van der Waals surface area contributed by atoms with Gasteiger partial charge in [0, 0.05) is 6.61 Å². The van der Waals surface area contributed by atoms with Crippen molar-refractivity contribution >= 4 is 0 Å². The maximum Gasteiger partial charge on any atom is 0.0433 e. The summed E-state index contributed by atoms with van der Waals surface area (Å²) in [7, 11) is 0. The number of rotatable bonds is 2. The average molecular weight is 142 g/mol. The van der Waals surface area contributed by atoms with Crippen LogP contribution in [0.2, 0.25) is 0 Å². The van der Waals surface area contributed by atoms with Crippen LogP contribution >= 0.6 is 0 Å². The first kappa shape index (κ1) is 8.06. The number of aliphatic hydroxyl groups is 1. The van der Waals surface area contributed by atoms with Crippen LogP contribution in [0.25, 0.3) is 0 Å². The van der Waals surface area contributed by atoms with E-state index < -0.39 is 0 Å². The van der Waals surface area contributed by atoms with Gasteiger partial charge in [-0.25, -0.2) is 0 Å². The van der Waals surface area contributed by atoms with Crippen LogP contribution in [-0.4, -0.2) is 11.7 Å². The summed E-state index contributed by atoms with van der Waals surface area (Å²) in [4.78, 5) is 0. The van der Waals surface area contributed by atoms with Gasteiger partial charge in [-0.3, -0.25) is 0 Å². The zero-order valence-corrected chi connectivity index (χ0v) is 6.84. The van der Waals surface area contributed by atoms with Crippen LogP contribution in [0.5, 0.6) is 0 Å². The lowest BCUT2D eigenvalue weighted by molar-refractivity contribution is 0.206. The summed E-state index contributed by atoms with van der Waals surface area (Å²) in [5, 5.41) is 8.70. The van der Waals surface area contributed by atoms with Crippen LogP contribution in [0.3, 0.4) is 0 Å². The first-order valence-corrected chi connectivity index (χ1v) is 4.43. The molecule has 10 heavy (non-hydrogen) atoms. The van der Waals surface area contributed by atoms with E-state index in [9.17, 15) is 0 Å². The molecule has 1 saturated carbocycles. The fourth-order valence-corrected chi connectivity index (χ4v) is 2.00. The van der Waals surface area contributed by atoms with Gasteiger partial charge < -0.3 is 5.11 Å². The summed E-state index contributed by atoms with van der Waals surface area (Å²) >= 11 is 0.